The van der Waals surface area contributed by atoms with Crippen LogP contribution in [0.15, 0.2) is 6.33 Å². The second-order valence-electron chi connectivity index (χ2n) is 5.61. The van der Waals surface area contributed by atoms with E-state index in [-0.39, 0.29) is 12.2 Å². The van der Waals surface area contributed by atoms with Crippen molar-refractivity contribution < 1.29 is 25.2 Å². The Balaban J connectivity index is 2.13. The van der Waals surface area contributed by atoms with Crippen LogP contribution in [0.2, 0.25) is 0 Å². The molecule has 0 aliphatic carbocycles. The summed E-state index contributed by atoms with van der Waals surface area (Å²) in [6.07, 6.45) is -3.74. The highest BCUT2D eigenvalue weighted by molar-refractivity contribution is 5.82. The van der Waals surface area contributed by atoms with Crippen molar-refractivity contribution in [1.82, 2.24) is 19.5 Å². The van der Waals surface area contributed by atoms with Gasteiger partial charge in [0.25, 0.3) is 0 Å². The van der Waals surface area contributed by atoms with Gasteiger partial charge in [-0.2, -0.15) is 0 Å². The van der Waals surface area contributed by atoms with Crippen LogP contribution in [0.3, 0.4) is 0 Å². The van der Waals surface area contributed by atoms with Crippen molar-refractivity contribution in [3.63, 3.8) is 0 Å². The van der Waals surface area contributed by atoms with E-state index in [1.807, 2.05) is 0 Å². The van der Waals surface area contributed by atoms with Crippen LogP contribution in [-0.4, -0.2) is 71.0 Å². The molecule has 1 aliphatic heterocycles. The number of aromatic nitrogens is 4. The number of aliphatic hydroxyl groups is 4. The Morgan fingerprint density at radius 3 is 2.70 bits per heavy atom. The van der Waals surface area contributed by atoms with Crippen molar-refractivity contribution >= 4 is 17.0 Å². The maximum absolute atomic E-state index is 10.2. The molecule has 1 unspecified atom stereocenters. The molecular weight excluding hydrogens is 306 g/mol. The molecule has 3 heterocycles. The molecule has 1 saturated heterocycles. The highest BCUT2D eigenvalue weighted by Gasteiger charge is 2.44. The van der Waals surface area contributed by atoms with E-state index in [9.17, 15) is 20.4 Å². The van der Waals surface area contributed by atoms with E-state index in [1.165, 1.54) is 10.9 Å². The number of ether oxygens (including phenoxy) is 1. The predicted octanol–water partition coefficient (Wildman–Crippen LogP) is -2.06. The third kappa shape index (κ3) is 2.64. The van der Waals surface area contributed by atoms with E-state index in [1.54, 1.807) is 6.92 Å². The van der Waals surface area contributed by atoms with Crippen molar-refractivity contribution in [2.75, 3.05) is 12.3 Å². The zero-order chi connectivity index (χ0) is 16.7. The Morgan fingerprint density at radius 1 is 1.35 bits per heavy atom. The van der Waals surface area contributed by atoms with E-state index in [2.05, 4.69) is 15.0 Å². The first-order valence-electron chi connectivity index (χ1n) is 7.21. The molecule has 23 heavy (non-hydrogen) atoms. The number of nitrogen functional groups attached to an aromatic ring is 1. The van der Waals surface area contributed by atoms with Crippen LogP contribution >= 0.6 is 0 Å². The lowest BCUT2D eigenvalue weighted by Gasteiger charge is -2.19. The van der Waals surface area contributed by atoms with Crippen LogP contribution in [0.1, 0.15) is 19.0 Å². The fraction of sp³-hybridized carbons (Fsp3) is 0.615. The van der Waals surface area contributed by atoms with Crippen LogP contribution < -0.4 is 5.73 Å². The van der Waals surface area contributed by atoms with Gasteiger partial charge in [-0.05, 0) is 6.92 Å². The van der Waals surface area contributed by atoms with Gasteiger partial charge in [-0.1, -0.05) is 0 Å². The summed E-state index contributed by atoms with van der Waals surface area (Å²) in [5.41, 5.74) is 6.44. The highest BCUT2D eigenvalue weighted by atomic mass is 16.6. The number of hydrogen-bond acceptors (Lipinski definition) is 9. The minimum Gasteiger partial charge on any atom is -0.394 e. The zero-order valence-electron chi connectivity index (χ0n) is 12.4. The lowest BCUT2D eigenvalue weighted by Crippen LogP contribution is -2.33. The molecule has 1 aliphatic rings. The number of hydrogen-bond donors (Lipinski definition) is 5. The first-order chi connectivity index (χ1) is 10.9. The summed E-state index contributed by atoms with van der Waals surface area (Å²) in [5, 5.41) is 39.1. The van der Waals surface area contributed by atoms with Gasteiger partial charge in [0, 0.05) is 6.42 Å². The van der Waals surface area contributed by atoms with E-state index in [4.69, 9.17) is 10.5 Å². The van der Waals surface area contributed by atoms with Gasteiger partial charge in [0.1, 0.15) is 30.5 Å². The van der Waals surface area contributed by atoms with Gasteiger partial charge in [0.2, 0.25) is 0 Å². The molecule has 1 fully saturated rings. The van der Waals surface area contributed by atoms with Crippen LogP contribution in [-0.2, 0) is 11.2 Å². The van der Waals surface area contributed by atoms with Gasteiger partial charge >= 0.3 is 0 Å². The van der Waals surface area contributed by atoms with E-state index in [0.29, 0.717) is 17.0 Å². The number of imidazole rings is 1. The Morgan fingerprint density at radius 2 is 2.09 bits per heavy atom. The highest BCUT2D eigenvalue weighted by Crippen LogP contribution is 2.33. The lowest BCUT2D eigenvalue weighted by atomic mass is 10.1. The molecule has 10 nitrogen and oxygen atoms in total. The standard InChI is InChI=1S/C13H19N5O5/c1-5(20)2-7-17-8-11(14)15-4-16-12(8)18(7)13-10(22)9(21)6(3-19)23-13/h4-6,9-10,13,19-22H,2-3H2,1H3,(H2,14,15,16)/t5?,6-,9-,10-,13-/m1/s1. The van der Waals surface area contributed by atoms with Gasteiger partial charge in [-0.25, -0.2) is 15.0 Å². The summed E-state index contributed by atoms with van der Waals surface area (Å²) in [7, 11) is 0. The normalized spacial score (nSPS) is 29.3. The minimum absolute atomic E-state index is 0.160. The van der Waals surface area contributed by atoms with Gasteiger partial charge in [-0.3, -0.25) is 4.57 Å². The zero-order valence-corrected chi connectivity index (χ0v) is 12.4. The lowest BCUT2D eigenvalue weighted by molar-refractivity contribution is -0.0526. The van der Waals surface area contributed by atoms with Crippen LogP contribution in [0, 0.1) is 0 Å². The van der Waals surface area contributed by atoms with Crippen molar-refractivity contribution in [2.24, 2.45) is 0 Å². The van der Waals surface area contributed by atoms with E-state index >= 15 is 0 Å². The summed E-state index contributed by atoms with van der Waals surface area (Å²) in [6, 6.07) is 0. The molecule has 0 saturated carbocycles. The molecule has 3 rings (SSSR count). The van der Waals surface area contributed by atoms with E-state index < -0.39 is 37.3 Å². The molecule has 0 aromatic carbocycles. The molecule has 0 radical (unpaired) electrons. The fourth-order valence-electron chi connectivity index (χ4n) is 2.74. The molecule has 10 heteroatoms. The number of anilines is 1. The largest absolute Gasteiger partial charge is 0.394 e. The summed E-state index contributed by atoms with van der Waals surface area (Å²) in [5.74, 6) is 0.546. The molecule has 2 aromatic rings. The van der Waals surface area contributed by atoms with Crippen LogP contribution in [0.25, 0.3) is 11.2 Å². The summed E-state index contributed by atoms with van der Waals surface area (Å²) < 4.78 is 7.02. The second kappa shape index (κ2) is 5.98. The molecule has 0 amide bonds. The average Bonchev–Trinajstić information content (AvgIpc) is 2.98. The first kappa shape index (κ1) is 16.0. The Bertz CT molecular complexity index is 705. The Kier molecular flexibility index (Phi) is 4.17. The molecule has 0 spiro atoms. The third-order valence-corrected chi connectivity index (χ3v) is 3.83. The van der Waals surface area contributed by atoms with Gasteiger partial charge in [0.15, 0.2) is 23.2 Å². The van der Waals surface area contributed by atoms with Crippen LogP contribution in [0.4, 0.5) is 5.82 Å². The number of aliphatic hydroxyl groups excluding tert-OH is 4. The molecule has 5 atom stereocenters. The molecule has 0 bridgehead atoms. The quantitative estimate of drug-likeness (QED) is 0.426. The third-order valence-electron chi connectivity index (χ3n) is 3.83. The van der Waals surface area contributed by atoms with Crippen molar-refractivity contribution in [1.29, 1.82) is 0 Å². The van der Waals surface area contributed by atoms with E-state index in [0.717, 1.165) is 0 Å². The average molecular weight is 325 g/mol. The summed E-state index contributed by atoms with van der Waals surface area (Å²) in [4.78, 5) is 12.3. The summed E-state index contributed by atoms with van der Waals surface area (Å²) >= 11 is 0. The first-order valence-corrected chi connectivity index (χ1v) is 7.21. The maximum atomic E-state index is 10.2. The monoisotopic (exact) mass is 325 g/mol. The SMILES string of the molecule is CC(O)Cc1nc2c(N)ncnc2n1[C@@H]1O[C@H](CO)[C@@H](O)[C@H]1O. The molecular formula is C13H19N5O5. The smallest absolute Gasteiger partial charge is 0.167 e. The van der Waals surface area contributed by atoms with Crippen LogP contribution in [0.5, 0.6) is 0 Å². The molecule has 2 aromatic heterocycles. The Labute approximate surface area is 131 Å². The predicted molar refractivity (Wildman–Crippen MR) is 78.1 cm³/mol. The van der Waals surface area contributed by atoms with Gasteiger partial charge < -0.3 is 30.9 Å². The van der Waals surface area contributed by atoms with Crippen molar-refractivity contribution in [2.45, 2.75) is 44.0 Å². The topological polar surface area (TPSA) is 160 Å². The molecule has 126 valence electrons. The van der Waals surface area contributed by atoms with Gasteiger partial charge in [0.05, 0.1) is 12.7 Å². The Hall–Kier alpha value is -1.85. The number of nitrogens with two attached hydrogens (primary N) is 1. The van der Waals surface area contributed by atoms with Gasteiger partial charge in [-0.15, -0.1) is 0 Å². The van der Waals surface area contributed by atoms with Crippen molar-refractivity contribution in [3.05, 3.63) is 12.2 Å². The fourth-order valence-corrected chi connectivity index (χ4v) is 2.74. The minimum atomic E-state index is -1.28. The number of nitrogens with zero attached hydrogens (tertiary/aromatic N) is 4. The second-order valence-corrected chi connectivity index (χ2v) is 5.61. The number of rotatable bonds is 4. The molecule has 6 N–H and O–H groups in total. The summed E-state index contributed by atoms with van der Waals surface area (Å²) in [6.45, 7) is 1.15. The van der Waals surface area contributed by atoms with Crippen molar-refractivity contribution in [3.8, 4) is 0 Å². The maximum Gasteiger partial charge on any atom is 0.167 e. The number of fused-ring (bicyclic) bond motifs is 1.